The third-order valence-corrected chi connectivity index (χ3v) is 6.64. The van der Waals surface area contributed by atoms with Crippen LogP contribution >= 0.6 is 22.9 Å². The zero-order chi connectivity index (χ0) is 20.4. The fourth-order valence-corrected chi connectivity index (χ4v) is 4.98. The second-order valence-corrected chi connectivity index (χ2v) is 8.66. The summed E-state index contributed by atoms with van der Waals surface area (Å²) in [5.41, 5.74) is 1.79. The van der Waals surface area contributed by atoms with E-state index in [1.165, 1.54) is 12.4 Å². The molecule has 29 heavy (non-hydrogen) atoms. The molecule has 0 radical (unpaired) electrons. The van der Waals surface area contributed by atoms with Crippen molar-refractivity contribution in [3.05, 3.63) is 46.2 Å². The first-order valence-corrected chi connectivity index (χ1v) is 10.6. The number of benzene rings is 1. The maximum Gasteiger partial charge on any atom is 0.257 e. The highest BCUT2D eigenvalue weighted by Crippen LogP contribution is 2.40. The summed E-state index contributed by atoms with van der Waals surface area (Å²) >= 11 is 7.56. The van der Waals surface area contributed by atoms with E-state index in [2.05, 4.69) is 10.3 Å². The van der Waals surface area contributed by atoms with Crippen LogP contribution in [0.1, 0.15) is 47.0 Å². The van der Waals surface area contributed by atoms with Crippen molar-refractivity contribution < 1.29 is 14.3 Å². The molecule has 1 saturated carbocycles. The summed E-state index contributed by atoms with van der Waals surface area (Å²) in [5.74, 6) is 0.797. The molecule has 1 aromatic carbocycles. The molecule has 150 valence electrons. The van der Waals surface area contributed by atoms with Gasteiger partial charge in [-0.2, -0.15) is 0 Å². The van der Waals surface area contributed by atoms with Gasteiger partial charge in [0.25, 0.3) is 5.91 Å². The largest absolute Gasteiger partial charge is 0.494 e. The number of aldehydes is 1. The number of anilines is 1. The van der Waals surface area contributed by atoms with Crippen molar-refractivity contribution in [1.29, 1.82) is 0 Å². The highest BCUT2D eigenvalue weighted by molar-refractivity contribution is 7.18. The Morgan fingerprint density at radius 3 is 2.72 bits per heavy atom. The maximum atomic E-state index is 12.6. The molecule has 1 aliphatic carbocycles. The van der Waals surface area contributed by atoms with Gasteiger partial charge >= 0.3 is 0 Å². The van der Waals surface area contributed by atoms with Crippen LogP contribution in [-0.4, -0.2) is 29.3 Å². The molecule has 0 unspecified atom stereocenters. The molecular weight excluding hydrogens is 410 g/mol. The number of amides is 1. The van der Waals surface area contributed by atoms with E-state index < -0.39 is 0 Å². The van der Waals surface area contributed by atoms with Crippen molar-refractivity contribution in [2.75, 3.05) is 12.4 Å². The molecule has 6 nitrogen and oxygen atoms in total. The molecule has 0 atom stereocenters. The lowest BCUT2D eigenvalue weighted by Gasteiger charge is -2.23. The molecule has 0 spiro atoms. The van der Waals surface area contributed by atoms with E-state index in [4.69, 9.17) is 21.3 Å². The molecule has 3 aromatic rings. The van der Waals surface area contributed by atoms with Crippen LogP contribution in [0.5, 0.6) is 5.75 Å². The molecule has 1 fully saturated rings. The second-order valence-electron chi connectivity index (χ2n) is 7.17. The number of hydrogen-bond donors (Lipinski definition) is 1. The van der Waals surface area contributed by atoms with E-state index in [0.717, 1.165) is 47.2 Å². The first-order valence-electron chi connectivity index (χ1n) is 9.43. The summed E-state index contributed by atoms with van der Waals surface area (Å²) in [6.45, 7) is 0. The van der Waals surface area contributed by atoms with Gasteiger partial charge in [0.05, 0.1) is 38.6 Å². The number of ether oxygens (including phenoxy) is 1. The Morgan fingerprint density at radius 2 is 2.03 bits per heavy atom. The van der Waals surface area contributed by atoms with Gasteiger partial charge < -0.3 is 14.8 Å². The van der Waals surface area contributed by atoms with Crippen molar-refractivity contribution >= 4 is 51.0 Å². The Kier molecular flexibility index (Phi) is 5.78. The standard InChI is InChI=1S/C21H20ClN3O3S/c1-28-18-7-17-19(29-21(25-17)13-4-2-12(11-26)3-5-13)8-16(18)24-20(27)14-6-15(22)10-23-9-14/h6-13H,2-5H2,1H3,(H,24,27). The zero-order valence-electron chi connectivity index (χ0n) is 15.9. The normalized spacial score (nSPS) is 19.1. The molecular formula is C21H20ClN3O3S. The summed E-state index contributed by atoms with van der Waals surface area (Å²) in [4.78, 5) is 32.3. The summed E-state index contributed by atoms with van der Waals surface area (Å²) in [7, 11) is 1.56. The average Bonchev–Trinajstić information content (AvgIpc) is 3.16. The third kappa shape index (κ3) is 4.26. The topological polar surface area (TPSA) is 81.2 Å². The van der Waals surface area contributed by atoms with Gasteiger partial charge in [-0.25, -0.2) is 4.98 Å². The van der Waals surface area contributed by atoms with Crippen LogP contribution in [0.25, 0.3) is 10.2 Å². The Morgan fingerprint density at radius 1 is 1.24 bits per heavy atom. The van der Waals surface area contributed by atoms with Crippen molar-refractivity contribution in [3.63, 3.8) is 0 Å². The number of nitrogens with one attached hydrogen (secondary N) is 1. The van der Waals surface area contributed by atoms with E-state index in [1.807, 2.05) is 12.1 Å². The van der Waals surface area contributed by atoms with Gasteiger partial charge in [0.15, 0.2) is 0 Å². The molecule has 1 aliphatic rings. The summed E-state index contributed by atoms with van der Waals surface area (Å²) < 4.78 is 6.45. The van der Waals surface area contributed by atoms with E-state index >= 15 is 0 Å². The van der Waals surface area contributed by atoms with E-state index in [-0.39, 0.29) is 11.8 Å². The van der Waals surface area contributed by atoms with Gasteiger partial charge in [-0.15, -0.1) is 11.3 Å². The number of methoxy groups -OCH3 is 1. The number of carbonyl (C=O) groups is 2. The molecule has 8 heteroatoms. The first kappa shape index (κ1) is 19.8. The number of aromatic nitrogens is 2. The van der Waals surface area contributed by atoms with Gasteiger partial charge in [0.2, 0.25) is 0 Å². The molecule has 2 aromatic heterocycles. The summed E-state index contributed by atoms with van der Waals surface area (Å²) in [6, 6.07) is 5.30. The number of halogens is 1. The lowest BCUT2D eigenvalue weighted by Crippen LogP contribution is -2.13. The van der Waals surface area contributed by atoms with Crippen LogP contribution in [0.3, 0.4) is 0 Å². The quantitative estimate of drug-likeness (QED) is 0.572. The van der Waals surface area contributed by atoms with Crippen molar-refractivity contribution in [3.8, 4) is 5.75 Å². The van der Waals surface area contributed by atoms with E-state index in [9.17, 15) is 9.59 Å². The van der Waals surface area contributed by atoms with E-state index in [0.29, 0.717) is 27.9 Å². The van der Waals surface area contributed by atoms with Crippen LogP contribution < -0.4 is 10.1 Å². The minimum atomic E-state index is -0.311. The fraction of sp³-hybridized carbons (Fsp3) is 0.333. The highest BCUT2D eigenvalue weighted by atomic mass is 35.5. The highest BCUT2D eigenvalue weighted by Gasteiger charge is 2.25. The summed E-state index contributed by atoms with van der Waals surface area (Å²) in [6.07, 6.45) is 7.81. The van der Waals surface area contributed by atoms with Crippen LogP contribution in [0.4, 0.5) is 5.69 Å². The number of hydrogen-bond acceptors (Lipinski definition) is 6. The number of fused-ring (bicyclic) bond motifs is 1. The van der Waals surface area contributed by atoms with Crippen LogP contribution in [0.2, 0.25) is 5.02 Å². The van der Waals surface area contributed by atoms with Crippen molar-refractivity contribution in [2.24, 2.45) is 5.92 Å². The second kappa shape index (κ2) is 8.47. The molecule has 4 rings (SSSR count). The third-order valence-electron chi connectivity index (χ3n) is 5.26. The van der Waals surface area contributed by atoms with Gasteiger partial charge in [-0.1, -0.05) is 11.6 Å². The van der Waals surface area contributed by atoms with E-state index in [1.54, 1.807) is 24.5 Å². The van der Waals surface area contributed by atoms with Crippen LogP contribution in [-0.2, 0) is 4.79 Å². The number of nitrogens with zero attached hydrogens (tertiary/aromatic N) is 2. The minimum Gasteiger partial charge on any atom is -0.494 e. The number of thiazole rings is 1. The number of carbonyl (C=O) groups excluding carboxylic acids is 2. The number of rotatable bonds is 5. The predicted molar refractivity (Wildman–Crippen MR) is 114 cm³/mol. The maximum absolute atomic E-state index is 12.6. The fourth-order valence-electron chi connectivity index (χ4n) is 3.65. The Bertz CT molecular complexity index is 1060. The first-order chi connectivity index (χ1) is 14.1. The lowest BCUT2D eigenvalue weighted by atomic mass is 9.83. The van der Waals surface area contributed by atoms with Crippen LogP contribution in [0, 0.1) is 5.92 Å². The van der Waals surface area contributed by atoms with Gasteiger partial charge in [0.1, 0.15) is 12.0 Å². The van der Waals surface area contributed by atoms with Gasteiger partial charge in [0, 0.05) is 30.3 Å². The minimum absolute atomic E-state index is 0.184. The average molecular weight is 430 g/mol. The lowest BCUT2D eigenvalue weighted by molar-refractivity contribution is -0.111. The van der Waals surface area contributed by atoms with Gasteiger partial charge in [-0.05, 0) is 37.8 Å². The summed E-state index contributed by atoms with van der Waals surface area (Å²) in [5, 5.41) is 4.35. The molecule has 2 heterocycles. The van der Waals surface area contributed by atoms with Crippen molar-refractivity contribution in [2.45, 2.75) is 31.6 Å². The zero-order valence-corrected chi connectivity index (χ0v) is 17.4. The van der Waals surface area contributed by atoms with Crippen molar-refractivity contribution in [1.82, 2.24) is 9.97 Å². The Labute approximate surface area is 177 Å². The molecule has 1 N–H and O–H groups in total. The number of pyridine rings is 1. The van der Waals surface area contributed by atoms with Gasteiger partial charge in [-0.3, -0.25) is 9.78 Å². The predicted octanol–water partition coefficient (Wildman–Crippen LogP) is 5.08. The molecule has 1 amide bonds. The Hall–Kier alpha value is -2.51. The molecule has 0 aliphatic heterocycles. The molecule has 0 bridgehead atoms. The molecule has 0 saturated heterocycles. The monoisotopic (exact) mass is 429 g/mol. The Balaban J connectivity index is 1.60. The smallest absolute Gasteiger partial charge is 0.257 e. The SMILES string of the molecule is COc1cc2nc(C3CCC(C=O)CC3)sc2cc1NC(=O)c1cncc(Cl)c1. The van der Waals surface area contributed by atoms with Crippen LogP contribution in [0.15, 0.2) is 30.6 Å².